The van der Waals surface area contributed by atoms with Gasteiger partial charge in [0, 0.05) is 0 Å². The molecule has 7 nitrogen and oxygen atoms in total. The summed E-state index contributed by atoms with van der Waals surface area (Å²) in [5, 5.41) is 26.0. The quantitative estimate of drug-likeness (QED) is 0.789. The van der Waals surface area contributed by atoms with Gasteiger partial charge in [0.1, 0.15) is 18.8 Å². The van der Waals surface area contributed by atoms with Crippen LogP contribution in [0, 0.1) is 29.6 Å². The molecule has 1 heterocycles. The van der Waals surface area contributed by atoms with E-state index in [1.807, 2.05) is 0 Å². The number of carbonyl (C=O) groups excluding carboxylic acids is 1. The Morgan fingerprint density at radius 2 is 1.89 bits per heavy atom. The van der Waals surface area contributed by atoms with Crippen molar-refractivity contribution in [3.8, 4) is 12.1 Å². The fourth-order valence-electron chi connectivity index (χ4n) is 1.44. The van der Waals surface area contributed by atoms with Crippen molar-refractivity contribution >= 4 is 11.9 Å². The molecule has 1 aromatic rings. The molecule has 1 N–H and O–H groups in total. The molecular weight excluding hydrogens is 248 g/mol. The van der Waals surface area contributed by atoms with Crippen molar-refractivity contribution in [3.63, 3.8) is 0 Å². The van der Waals surface area contributed by atoms with E-state index in [0.29, 0.717) is 0 Å². The van der Waals surface area contributed by atoms with Gasteiger partial charge in [-0.3, -0.25) is 4.79 Å². The van der Waals surface area contributed by atoms with Crippen LogP contribution in [0.4, 0.5) is 0 Å². The normalized spacial score (nSPS) is 9.21. The number of rotatable bonds is 4. The first-order valence-corrected chi connectivity index (χ1v) is 5.25. The molecule has 1 aromatic heterocycles. The predicted molar refractivity (Wildman–Crippen MR) is 63.1 cm³/mol. The molecule has 7 heteroatoms. The Kier molecular flexibility index (Phi) is 4.56. The number of pyridine rings is 1. The Balaban J connectivity index is 3.07. The minimum Gasteiger partial charge on any atom is -0.478 e. The summed E-state index contributed by atoms with van der Waals surface area (Å²) in [4.78, 5) is 27.7. The van der Waals surface area contributed by atoms with E-state index in [0.717, 1.165) is 4.90 Å². The van der Waals surface area contributed by atoms with Gasteiger partial charge < -0.3 is 10.0 Å². The van der Waals surface area contributed by atoms with Gasteiger partial charge in [0.25, 0.3) is 5.91 Å². The fraction of sp³-hybridized carbons (Fsp3) is 0.250. The van der Waals surface area contributed by atoms with Gasteiger partial charge in [-0.25, -0.2) is 9.78 Å². The molecule has 0 unspecified atom stereocenters. The van der Waals surface area contributed by atoms with Crippen molar-refractivity contribution in [3.05, 3.63) is 29.1 Å². The number of carboxylic acids is 1. The molecule has 0 fully saturated rings. The zero-order valence-corrected chi connectivity index (χ0v) is 10.1. The zero-order valence-electron chi connectivity index (χ0n) is 10.1. The minimum atomic E-state index is -1.13. The second-order valence-electron chi connectivity index (χ2n) is 3.61. The van der Waals surface area contributed by atoms with E-state index in [2.05, 4.69) is 4.98 Å². The fourth-order valence-corrected chi connectivity index (χ4v) is 1.44. The summed E-state index contributed by atoms with van der Waals surface area (Å²) in [6.45, 7) is 1.01. The van der Waals surface area contributed by atoms with E-state index < -0.39 is 11.9 Å². The van der Waals surface area contributed by atoms with Gasteiger partial charge in [-0.05, 0) is 19.1 Å². The van der Waals surface area contributed by atoms with Crippen molar-refractivity contribution in [1.82, 2.24) is 9.88 Å². The highest BCUT2D eigenvalue weighted by Gasteiger charge is 2.18. The molecule has 0 radical (unpaired) electrons. The number of amides is 1. The van der Waals surface area contributed by atoms with Crippen LogP contribution in [0.15, 0.2) is 12.1 Å². The first-order valence-electron chi connectivity index (χ1n) is 5.25. The summed E-state index contributed by atoms with van der Waals surface area (Å²) in [5.74, 6) is -1.71. The highest BCUT2D eigenvalue weighted by molar-refractivity contribution is 5.94. The summed E-state index contributed by atoms with van der Waals surface area (Å²) in [5.41, 5.74) is 0.212. The van der Waals surface area contributed by atoms with Crippen LogP contribution in [-0.2, 0) is 0 Å². The van der Waals surface area contributed by atoms with E-state index >= 15 is 0 Å². The predicted octanol–water partition coefficient (Wildman–Crippen LogP) is 0.578. The lowest BCUT2D eigenvalue weighted by Crippen LogP contribution is -2.32. The van der Waals surface area contributed by atoms with Crippen LogP contribution >= 0.6 is 0 Å². The van der Waals surface area contributed by atoms with E-state index in [1.165, 1.54) is 19.1 Å². The maximum atomic E-state index is 12.0. The molecule has 0 atom stereocenters. The summed E-state index contributed by atoms with van der Waals surface area (Å²) in [7, 11) is 0. The third kappa shape index (κ3) is 3.27. The summed E-state index contributed by atoms with van der Waals surface area (Å²) in [6, 6.07) is 6.10. The van der Waals surface area contributed by atoms with Crippen molar-refractivity contribution in [1.29, 1.82) is 10.5 Å². The molecule has 0 aromatic carbocycles. The molecule has 0 aliphatic heterocycles. The topological polar surface area (TPSA) is 118 Å². The number of hydrogen-bond acceptors (Lipinski definition) is 5. The molecule has 19 heavy (non-hydrogen) atoms. The van der Waals surface area contributed by atoms with Gasteiger partial charge in [-0.15, -0.1) is 0 Å². The second-order valence-corrected chi connectivity index (χ2v) is 3.61. The summed E-state index contributed by atoms with van der Waals surface area (Å²) < 4.78 is 0. The Hall–Kier alpha value is -2.93. The van der Waals surface area contributed by atoms with Crippen molar-refractivity contribution in [2.24, 2.45) is 0 Å². The van der Waals surface area contributed by atoms with Gasteiger partial charge in [-0.2, -0.15) is 10.5 Å². The van der Waals surface area contributed by atoms with Crippen LogP contribution in [0.1, 0.15) is 26.5 Å². The van der Waals surface area contributed by atoms with Crippen molar-refractivity contribution in [2.75, 3.05) is 13.1 Å². The maximum absolute atomic E-state index is 12.0. The van der Waals surface area contributed by atoms with Crippen LogP contribution in [0.2, 0.25) is 0 Å². The van der Waals surface area contributed by atoms with Gasteiger partial charge in [-0.1, -0.05) is 0 Å². The van der Waals surface area contributed by atoms with E-state index in [4.69, 9.17) is 15.6 Å². The number of aromatic carboxylic acids is 1. The lowest BCUT2D eigenvalue weighted by atomic mass is 10.2. The molecule has 0 spiro atoms. The standard InChI is InChI=1S/C12H10N4O3/c1-8-9(12(18)19)2-3-10(15-8)11(17)16(6-4-13)7-5-14/h2-3H,6-7H2,1H3,(H,18,19). The Bertz CT molecular complexity index is 582. The Labute approximate surface area is 109 Å². The molecule has 0 aliphatic carbocycles. The molecule has 0 saturated carbocycles. The van der Waals surface area contributed by atoms with Crippen molar-refractivity contribution < 1.29 is 14.7 Å². The number of aryl methyl sites for hydroxylation is 1. The number of nitrogens with zero attached hydrogens (tertiary/aromatic N) is 4. The van der Waals surface area contributed by atoms with Crippen LogP contribution in [-0.4, -0.2) is 40.0 Å². The zero-order chi connectivity index (χ0) is 14.4. The van der Waals surface area contributed by atoms with Crippen LogP contribution < -0.4 is 0 Å². The molecular formula is C12H10N4O3. The average Bonchev–Trinajstić information content (AvgIpc) is 2.37. The van der Waals surface area contributed by atoms with E-state index in [1.54, 1.807) is 12.1 Å². The number of carbonyl (C=O) groups is 2. The smallest absolute Gasteiger partial charge is 0.337 e. The Morgan fingerprint density at radius 3 is 2.32 bits per heavy atom. The van der Waals surface area contributed by atoms with Crippen LogP contribution in [0.3, 0.4) is 0 Å². The third-order valence-corrected chi connectivity index (χ3v) is 2.35. The van der Waals surface area contributed by atoms with Gasteiger partial charge in [0.05, 0.1) is 23.4 Å². The number of carboxylic acid groups (broad SMARTS) is 1. The minimum absolute atomic E-state index is 0.00339. The molecule has 0 aliphatic rings. The molecule has 96 valence electrons. The summed E-state index contributed by atoms with van der Waals surface area (Å²) >= 11 is 0. The van der Waals surface area contributed by atoms with Crippen LogP contribution in [0.25, 0.3) is 0 Å². The molecule has 0 saturated heterocycles. The highest BCUT2D eigenvalue weighted by Crippen LogP contribution is 2.09. The number of nitriles is 2. The lowest BCUT2D eigenvalue weighted by molar-refractivity contribution is 0.0693. The van der Waals surface area contributed by atoms with Crippen molar-refractivity contribution in [2.45, 2.75) is 6.92 Å². The molecule has 1 rings (SSSR count). The van der Waals surface area contributed by atoms with E-state index in [9.17, 15) is 9.59 Å². The number of hydrogen-bond donors (Lipinski definition) is 1. The van der Waals surface area contributed by atoms with Gasteiger partial charge in [0.15, 0.2) is 0 Å². The second kappa shape index (κ2) is 6.12. The maximum Gasteiger partial charge on any atom is 0.337 e. The first kappa shape index (κ1) is 14.1. The van der Waals surface area contributed by atoms with Gasteiger partial charge >= 0.3 is 5.97 Å². The largest absolute Gasteiger partial charge is 0.478 e. The Morgan fingerprint density at radius 1 is 1.32 bits per heavy atom. The van der Waals surface area contributed by atoms with E-state index in [-0.39, 0.29) is 30.0 Å². The average molecular weight is 258 g/mol. The number of aromatic nitrogens is 1. The monoisotopic (exact) mass is 258 g/mol. The highest BCUT2D eigenvalue weighted by atomic mass is 16.4. The molecule has 1 amide bonds. The summed E-state index contributed by atoms with van der Waals surface area (Å²) in [6.07, 6.45) is 0. The first-order chi connectivity index (χ1) is 9.01. The SMILES string of the molecule is Cc1nc(C(=O)N(CC#N)CC#N)ccc1C(=O)O. The molecule has 0 bridgehead atoms. The van der Waals surface area contributed by atoms with Gasteiger partial charge in [0.2, 0.25) is 0 Å². The third-order valence-electron chi connectivity index (χ3n) is 2.35. The van der Waals surface area contributed by atoms with Crippen LogP contribution in [0.5, 0.6) is 0 Å². The lowest BCUT2D eigenvalue weighted by Gasteiger charge is -2.15.